The summed E-state index contributed by atoms with van der Waals surface area (Å²) < 4.78 is 2.14. The second-order valence-corrected chi connectivity index (χ2v) is 8.56. The van der Waals surface area contributed by atoms with Crippen LogP contribution in [0.3, 0.4) is 0 Å². The number of hydrogen-bond donors (Lipinski definition) is 0. The van der Waals surface area contributed by atoms with Gasteiger partial charge in [0, 0.05) is 56.9 Å². The van der Waals surface area contributed by atoms with Crippen LogP contribution in [0.15, 0.2) is 24.4 Å². The fourth-order valence-corrected chi connectivity index (χ4v) is 4.82. The maximum absolute atomic E-state index is 13.0. The maximum atomic E-state index is 13.0. The summed E-state index contributed by atoms with van der Waals surface area (Å²) >= 11 is 0. The van der Waals surface area contributed by atoms with Gasteiger partial charge in [0.05, 0.1) is 11.1 Å². The molecule has 0 aromatic carbocycles. The number of pyridine rings is 1. The quantitative estimate of drug-likeness (QED) is 0.611. The Morgan fingerprint density at radius 2 is 1.55 bits per heavy atom. The van der Waals surface area contributed by atoms with E-state index in [1.807, 2.05) is 38.2 Å². The molecule has 0 atom stereocenters. The Morgan fingerprint density at radius 3 is 2.13 bits per heavy atom. The molecule has 2 aromatic heterocycles. The minimum absolute atomic E-state index is 0.115. The highest BCUT2D eigenvalue weighted by molar-refractivity contribution is 6.22. The van der Waals surface area contributed by atoms with Gasteiger partial charge in [0.2, 0.25) is 0 Å². The predicted octanol–water partition coefficient (Wildman–Crippen LogP) is 3.11. The monoisotopic (exact) mass is 423 g/mol. The van der Waals surface area contributed by atoms with Crippen LogP contribution in [0.4, 0.5) is 5.82 Å². The molecular formula is C24H33N5O2. The number of piperazine rings is 1. The van der Waals surface area contributed by atoms with Gasteiger partial charge in [0.25, 0.3) is 11.8 Å². The molecule has 0 radical (unpaired) electrons. The standard InChI is InChI=1S/C24H33N5O2/c1-4-5-12-28-18(2)21-22(19(28)3)24(31)29(23(21)30)13-8-11-26-14-16-27(17-15-26)20-9-6-7-10-25-20/h6-7,9-10H,4-5,8,11-17H2,1-3H3. The molecule has 0 aliphatic carbocycles. The van der Waals surface area contributed by atoms with Crippen LogP contribution in [-0.4, -0.2) is 70.4 Å². The number of hydrogen-bond acceptors (Lipinski definition) is 5. The summed E-state index contributed by atoms with van der Waals surface area (Å²) in [5, 5.41) is 0. The van der Waals surface area contributed by atoms with Crippen molar-refractivity contribution in [1.82, 2.24) is 19.4 Å². The van der Waals surface area contributed by atoms with E-state index in [-0.39, 0.29) is 11.8 Å². The Labute approximate surface area is 184 Å². The zero-order valence-corrected chi connectivity index (χ0v) is 18.9. The molecule has 31 heavy (non-hydrogen) atoms. The molecule has 1 saturated heterocycles. The fourth-order valence-electron chi connectivity index (χ4n) is 4.82. The topological polar surface area (TPSA) is 61.7 Å². The molecule has 7 heteroatoms. The van der Waals surface area contributed by atoms with Crippen molar-refractivity contribution in [2.24, 2.45) is 0 Å². The molecule has 2 aliphatic rings. The van der Waals surface area contributed by atoms with Gasteiger partial charge in [-0.05, 0) is 45.4 Å². The summed E-state index contributed by atoms with van der Waals surface area (Å²) in [6.07, 6.45) is 4.78. The SMILES string of the molecule is CCCCn1c(C)c2c(c1C)C(=O)N(CCCN1CCN(c3ccccn3)CC1)C2=O. The first-order valence-electron chi connectivity index (χ1n) is 11.5. The molecule has 0 N–H and O–H groups in total. The Hall–Kier alpha value is -2.67. The number of carbonyl (C=O) groups excluding carboxylic acids is 2. The van der Waals surface area contributed by atoms with Crippen LogP contribution in [0.2, 0.25) is 0 Å². The number of nitrogens with zero attached hydrogens (tertiary/aromatic N) is 5. The average molecular weight is 424 g/mol. The molecular weight excluding hydrogens is 390 g/mol. The first kappa shape index (κ1) is 21.6. The van der Waals surface area contributed by atoms with Crippen LogP contribution in [0.1, 0.15) is 58.3 Å². The summed E-state index contributed by atoms with van der Waals surface area (Å²) in [7, 11) is 0. The number of rotatable bonds is 8. The van der Waals surface area contributed by atoms with E-state index >= 15 is 0 Å². The van der Waals surface area contributed by atoms with E-state index in [4.69, 9.17) is 0 Å². The number of amides is 2. The minimum Gasteiger partial charge on any atom is -0.354 e. The molecule has 0 bridgehead atoms. The van der Waals surface area contributed by atoms with Crippen LogP contribution in [0.5, 0.6) is 0 Å². The summed E-state index contributed by atoms with van der Waals surface area (Å²) in [5.41, 5.74) is 3.13. The maximum Gasteiger partial charge on any atom is 0.263 e. The van der Waals surface area contributed by atoms with E-state index in [1.165, 1.54) is 4.90 Å². The van der Waals surface area contributed by atoms with Gasteiger partial charge in [0.1, 0.15) is 5.82 Å². The first-order chi connectivity index (χ1) is 15.0. The normalized spacial score (nSPS) is 17.0. The molecule has 2 amide bonds. The molecule has 2 aliphatic heterocycles. The Balaban J connectivity index is 1.30. The molecule has 4 heterocycles. The predicted molar refractivity (Wildman–Crippen MR) is 122 cm³/mol. The summed E-state index contributed by atoms with van der Waals surface area (Å²) in [6, 6.07) is 6.01. The van der Waals surface area contributed by atoms with Crippen LogP contribution in [0, 0.1) is 13.8 Å². The van der Waals surface area contributed by atoms with Gasteiger partial charge in [-0.15, -0.1) is 0 Å². The molecule has 1 fully saturated rings. The smallest absolute Gasteiger partial charge is 0.263 e. The van der Waals surface area contributed by atoms with Crippen molar-refractivity contribution in [3.05, 3.63) is 46.9 Å². The zero-order chi connectivity index (χ0) is 22.0. The first-order valence-corrected chi connectivity index (χ1v) is 11.5. The Morgan fingerprint density at radius 1 is 0.871 bits per heavy atom. The van der Waals surface area contributed by atoms with Crippen molar-refractivity contribution < 1.29 is 9.59 Å². The number of fused-ring (bicyclic) bond motifs is 1. The minimum atomic E-state index is -0.115. The Bertz CT molecular complexity index is 905. The number of imide groups is 1. The lowest BCUT2D eigenvalue weighted by Gasteiger charge is -2.35. The van der Waals surface area contributed by atoms with E-state index in [1.54, 1.807) is 0 Å². The third kappa shape index (κ3) is 4.11. The molecule has 0 saturated carbocycles. The van der Waals surface area contributed by atoms with Crippen LogP contribution >= 0.6 is 0 Å². The van der Waals surface area contributed by atoms with E-state index in [9.17, 15) is 9.59 Å². The van der Waals surface area contributed by atoms with Crippen molar-refractivity contribution in [1.29, 1.82) is 0 Å². The van der Waals surface area contributed by atoms with Crippen LogP contribution < -0.4 is 4.90 Å². The second kappa shape index (κ2) is 9.22. The lowest BCUT2D eigenvalue weighted by molar-refractivity contribution is 0.0644. The van der Waals surface area contributed by atoms with Crippen LogP contribution in [-0.2, 0) is 6.54 Å². The number of aromatic nitrogens is 2. The molecule has 4 rings (SSSR count). The number of anilines is 1. The highest BCUT2D eigenvalue weighted by Crippen LogP contribution is 2.31. The van der Waals surface area contributed by atoms with Gasteiger partial charge >= 0.3 is 0 Å². The highest BCUT2D eigenvalue weighted by atomic mass is 16.2. The van der Waals surface area contributed by atoms with E-state index in [0.717, 1.165) is 75.7 Å². The molecule has 166 valence electrons. The largest absolute Gasteiger partial charge is 0.354 e. The van der Waals surface area contributed by atoms with Crippen molar-refractivity contribution in [2.75, 3.05) is 44.2 Å². The molecule has 0 spiro atoms. The van der Waals surface area contributed by atoms with Gasteiger partial charge < -0.3 is 9.47 Å². The molecule has 7 nitrogen and oxygen atoms in total. The molecule has 2 aromatic rings. The lowest BCUT2D eigenvalue weighted by Crippen LogP contribution is -2.47. The van der Waals surface area contributed by atoms with E-state index in [2.05, 4.69) is 26.3 Å². The third-order valence-corrected chi connectivity index (χ3v) is 6.64. The lowest BCUT2D eigenvalue weighted by atomic mass is 10.1. The summed E-state index contributed by atoms with van der Waals surface area (Å²) in [4.78, 5) is 36.6. The Kier molecular flexibility index (Phi) is 6.41. The van der Waals surface area contributed by atoms with Crippen molar-refractivity contribution >= 4 is 17.6 Å². The number of carbonyl (C=O) groups is 2. The van der Waals surface area contributed by atoms with Gasteiger partial charge in [0.15, 0.2) is 0 Å². The second-order valence-electron chi connectivity index (χ2n) is 8.56. The summed E-state index contributed by atoms with van der Waals surface area (Å²) in [6.45, 7) is 12.2. The van der Waals surface area contributed by atoms with Crippen LogP contribution in [0.25, 0.3) is 0 Å². The summed E-state index contributed by atoms with van der Waals surface area (Å²) in [5.74, 6) is 0.800. The molecule has 0 unspecified atom stereocenters. The van der Waals surface area contributed by atoms with Crippen molar-refractivity contribution in [3.8, 4) is 0 Å². The van der Waals surface area contributed by atoms with Gasteiger partial charge in [-0.3, -0.25) is 19.4 Å². The van der Waals surface area contributed by atoms with Gasteiger partial charge in [-0.25, -0.2) is 4.98 Å². The van der Waals surface area contributed by atoms with Crippen molar-refractivity contribution in [2.45, 2.75) is 46.6 Å². The highest BCUT2D eigenvalue weighted by Gasteiger charge is 2.40. The van der Waals surface area contributed by atoms with E-state index in [0.29, 0.717) is 17.7 Å². The van der Waals surface area contributed by atoms with Crippen molar-refractivity contribution in [3.63, 3.8) is 0 Å². The van der Waals surface area contributed by atoms with Gasteiger partial charge in [-0.1, -0.05) is 19.4 Å². The van der Waals surface area contributed by atoms with E-state index < -0.39 is 0 Å². The van der Waals surface area contributed by atoms with Gasteiger partial charge in [-0.2, -0.15) is 0 Å². The zero-order valence-electron chi connectivity index (χ0n) is 18.9. The fraction of sp³-hybridized carbons (Fsp3) is 0.542. The number of unbranched alkanes of at least 4 members (excludes halogenated alkanes) is 1. The average Bonchev–Trinajstić information content (AvgIpc) is 3.19. The third-order valence-electron chi connectivity index (χ3n) is 6.64.